The van der Waals surface area contributed by atoms with Crippen LogP contribution in [0.15, 0.2) is 0 Å². The van der Waals surface area contributed by atoms with Gasteiger partial charge in [-0.15, -0.1) is 0 Å². The molecule has 0 amide bonds. The maximum atomic E-state index is 12.0. The Morgan fingerprint density at radius 1 is 1.47 bits per heavy atom. The Morgan fingerprint density at radius 2 is 2.13 bits per heavy atom. The van der Waals surface area contributed by atoms with E-state index in [9.17, 15) is 13.2 Å². The maximum Gasteiger partial charge on any atom is 0.390 e. The van der Waals surface area contributed by atoms with Gasteiger partial charge in [-0.1, -0.05) is 0 Å². The van der Waals surface area contributed by atoms with E-state index in [0.29, 0.717) is 12.6 Å². The molecule has 0 radical (unpaired) electrons. The van der Waals surface area contributed by atoms with Crippen molar-refractivity contribution in [3.8, 4) is 0 Å². The summed E-state index contributed by atoms with van der Waals surface area (Å²) >= 11 is 0. The third-order valence-electron chi connectivity index (χ3n) is 2.91. The summed E-state index contributed by atoms with van der Waals surface area (Å²) < 4.78 is 36.1. The molecule has 0 aliphatic carbocycles. The van der Waals surface area contributed by atoms with Crippen LogP contribution in [0.5, 0.6) is 0 Å². The van der Waals surface area contributed by atoms with Crippen LogP contribution >= 0.6 is 0 Å². The molecule has 90 valence electrons. The second kappa shape index (κ2) is 5.16. The van der Waals surface area contributed by atoms with Crippen LogP contribution in [0.25, 0.3) is 0 Å². The molecule has 2 nitrogen and oxygen atoms in total. The van der Waals surface area contributed by atoms with E-state index in [2.05, 4.69) is 10.2 Å². The maximum absolute atomic E-state index is 12.0. The molecule has 0 saturated carbocycles. The first-order valence-corrected chi connectivity index (χ1v) is 5.39. The molecule has 1 saturated heterocycles. The molecule has 1 rings (SSSR count). The average Bonchev–Trinajstić information content (AvgIpc) is 2.44. The van der Waals surface area contributed by atoms with Crippen LogP contribution in [0.4, 0.5) is 13.2 Å². The lowest BCUT2D eigenvalue weighted by atomic mass is 10.2. The Labute approximate surface area is 88.8 Å². The molecule has 2 unspecified atom stereocenters. The van der Waals surface area contributed by atoms with E-state index in [1.807, 2.05) is 7.05 Å². The fraction of sp³-hybridized carbons (Fsp3) is 1.00. The SMILES string of the molecule is CC(CC(F)(F)F)NCC1CCCN1C. The predicted octanol–water partition coefficient (Wildman–Crippen LogP) is 2.01. The smallest absolute Gasteiger partial charge is 0.312 e. The highest BCUT2D eigenvalue weighted by molar-refractivity contribution is 4.79. The normalized spacial score (nSPS) is 25.8. The highest BCUT2D eigenvalue weighted by Crippen LogP contribution is 2.21. The average molecular weight is 224 g/mol. The number of hydrogen-bond donors (Lipinski definition) is 1. The van der Waals surface area contributed by atoms with Gasteiger partial charge in [-0.2, -0.15) is 13.2 Å². The van der Waals surface area contributed by atoms with Gasteiger partial charge in [0.2, 0.25) is 0 Å². The molecule has 0 spiro atoms. The highest BCUT2D eigenvalue weighted by atomic mass is 19.4. The Kier molecular flexibility index (Phi) is 4.40. The number of nitrogens with one attached hydrogen (secondary N) is 1. The van der Waals surface area contributed by atoms with E-state index in [4.69, 9.17) is 0 Å². The van der Waals surface area contributed by atoms with Crippen LogP contribution in [-0.4, -0.2) is 43.3 Å². The van der Waals surface area contributed by atoms with Crippen molar-refractivity contribution in [3.63, 3.8) is 0 Å². The zero-order valence-electron chi connectivity index (χ0n) is 9.27. The largest absolute Gasteiger partial charge is 0.390 e. The lowest BCUT2D eigenvalue weighted by molar-refractivity contribution is -0.139. The predicted molar refractivity (Wildman–Crippen MR) is 53.8 cm³/mol. The summed E-state index contributed by atoms with van der Waals surface area (Å²) in [6.07, 6.45) is -2.57. The van der Waals surface area contributed by atoms with E-state index in [1.54, 1.807) is 6.92 Å². The number of rotatable bonds is 4. The topological polar surface area (TPSA) is 15.3 Å². The minimum atomic E-state index is -4.06. The number of likely N-dealkylation sites (tertiary alicyclic amines) is 1. The fourth-order valence-electron chi connectivity index (χ4n) is 1.99. The zero-order valence-corrected chi connectivity index (χ0v) is 9.27. The van der Waals surface area contributed by atoms with Gasteiger partial charge in [0.05, 0.1) is 6.42 Å². The van der Waals surface area contributed by atoms with Gasteiger partial charge in [-0.25, -0.2) is 0 Å². The highest BCUT2D eigenvalue weighted by Gasteiger charge is 2.30. The van der Waals surface area contributed by atoms with Gasteiger partial charge in [0.1, 0.15) is 0 Å². The van der Waals surface area contributed by atoms with Crippen molar-refractivity contribution in [3.05, 3.63) is 0 Å². The van der Waals surface area contributed by atoms with Crippen molar-refractivity contribution in [1.82, 2.24) is 10.2 Å². The molecule has 0 aromatic carbocycles. The quantitative estimate of drug-likeness (QED) is 0.786. The van der Waals surface area contributed by atoms with Gasteiger partial charge in [0.25, 0.3) is 0 Å². The number of halogens is 3. The molecular formula is C10H19F3N2. The van der Waals surface area contributed by atoms with Crippen molar-refractivity contribution in [1.29, 1.82) is 0 Å². The second-order valence-corrected chi connectivity index (χ2v) is 4.41. The van der Waals surface area contributed by atoms with Crippen LogP contribution < -0.4 is 5.32 Å². The first-order chi connectivity index (χ1) is 6.88. The molecule has 1 aliphatic heterocycles. The van der Waals surface area contributed by atoms with Crippen molar-refractivity contribution in [2.24, 2.45) is 0 Å². The van der Waals surface area contributed by atoms with Crippen molar-refractivity contribution < 1.29 is 13.2 Å². The molecule has 2 atom stereocenters. The third-order valence-corrected chi connectivity index (χ3v) is 2.91. The molecule has 5 heteroatoms. The van der Waals surface area contributed by atoms with Gasteiger partial charge in [-0.3, -0.25) is 0 Å². The van der Waals surface area contributed by atoms with Crippen molar-refractivity contribution in [2.45, 2.75) is 44.4 Å². The molecule has 0 aromatic rings. The molecule has 15 heavy (non-hydrogen) atoms. The second-order valence-electron chi connectivity index (χ2n) is 4.41. The Balaban J connectivity index is 2.19. The summed E-state index contributed by atoms with van der Waals surface area (Å²) in [7, 11) is 2.02. The van der Waals surface area contributed by atoms with E-state index in [-0.39, 0.29) is 0 Å². The standard InChI is InChI=1S/C10H19F3N2/c1-8(6-10(11,12)13)14-7-9-4-3-5-15(9)2/h8-9,14H,3-7H2,1-2H3. The van der Waals surface area contributed by atoms with E-state index in [0.717, 1.165) is 19.4 Å². The number of hydrogen-bond acceptors (Lipinski definition) is 2. The van der Waals surface area contributed by atoms with Crippen LogP contribution in [0, 0.1) is 0 Å². The zero-order chi connectivity index (χ0) is 11.5. The van der Waals surface area contributed by atoms with E-state index in [1.165, 1.54) is 0 Å². The van der Waals surface area contributed by atoms with Gasteiger partial charge in [-0.05, 0) is 33.4 Å². The molecule has 0 aromatic heterocycles. The van der Waals surface area contributed by atoms with Crippen LogP contribution in [0.3, 0.4) is 0 Å². The minimum absolute atomic E-state index is 0.403. The summed E-state index contributed by atoms with van der Waals surface area (Å²) in [5.41, 5.74) is 0. The molecular weight excluding hydrogens is 205 g/mol. The monoisotopic (exact) mass is 224 g/mol. The molecule has 1 fully saturated rings. The number of alkyl halides is 3. The number of likely N-dealkylation sites (N-methyl/N-ethyl adjacent to an activating group) is 1. The summed E-state index contributed by atoms with van der Waals surface area (Å²) in [4.78, 5) is 2.20. The lowest BCUT2D eigenvalue weighted by Gasteiger charge is -2.23. The first-order valence-electron chi connectivity index (χ1n) is 5.39. The van der Waals surface area contributed by atoms with E-state index >= 15 is 0 Å². The third kappa shape index (κ3) is 4.84. The van der Waals surface area contributed by atoms with Gasteiger partial charge < -0.3 is 10.2 Å². The fourth-order valence-corrected chi connectivity index (χ4v) is 1.99. The van der Waals surface area contributed by atoms with Gasteiger partial charge >= 0.3 is 6.18 Å². The summed E-state index contributed by atoms with van der Waals surface area (Å²) in [5, 5.41) is 2.95. The van der Waals surface area contributed by atoms with Crippen LogP contribution in [-0.2, 0) is 0 Å². The van der Waals surface area contributed by atoms with Crippen LogP contribution in [0.1, 0.15) is 26.2 Å². The molecule has 1 heterocycles. The Hall–Kier alpha value is -0.290. The number of nitrogens with zero attached hydrogens (tertiary/aromatic N) is 1. The van der Waals surface area contributed by atoms with Crippen molar-refractivity contribution in [2.75, 3.05) is 20.1 Å². The van der Waals surface area contributed by atoms with Crippen LogP contribution in [0.2, 0.25) is 0 Å². The lowest BCUT2D eigenvalue weighted by Crippen LogP contribution is -2.40. The summed E-state index contributed by atoms with van der Waals surface area (Å²) in [6.45, 7) is 3.30. The Bertz CT molecular complexity index is 194. The minimum Gasteiger partial charge on any atom is -0.312 e. The van der Waals surface area contributed by atoms with Gasteiger partial charge in [0.15, 0.2) is 0 Å². The summed E-state index contributed by atoms with van der Waals surface area (Å²) in [6, 6.07) is -0.0836. The molecule has 0 bridgehead atoms. The molecule has 1 N–H and O–H groups in total. The summed E-state index contributed by atoms with van der Waals surface area (Å²) in [5.74, 6) is 0. The van der Waals surface area contributed by atoms with Crippen molar-refractivity contribution >= 4 is 0 Å². The Morgan fingerprint density at radius 3 is 2.60 bits per heavy atom. The van der Waals surface area contributed by atoms with Gasteiger partial charge in [0, 0.05) is 18.6 Å². The molecule has 1 aliphatic rings. The first kappa shape index (κ1) is 12.8. The van der Waals surface area contributed by atoms with E-state index < -0.39 is 18.6 Å².